The molecule has 0 bridgehead atoms. The lowest BCUT2D eigenvalue weighted by Crippen LogP contribution is -2.41. The predicted octanol–water partition coefficient (Wildman–Crippen LogP) is 3.72. The van der Waals surface area contributed by atoms with Crippen molar-refractivity contribution in [1.29, 1.82) is 0 Å². The van der Waals surface area contributed by atoms with Gasteiger partial charge in [-0.05, 0) is 25.8 Å². The highest BCUT2D eigenvalue weighted by Crippen LogP contribution is 2.41. The van der Waals surface area contributed by atoms with Crippen LogP contribution in [0.1, 0.15) is 57.1 Å². The van der Waals surface area contributed by atoms with Crippen molar-refractivity contribution in [2.24, 2.45) is 5.73 Å². The van der Waals surface area contributed by atoms with E-state index in [-0.39, 0.29) is 23.6 Å². The molecule has 1 aromatic carbocycles. The van der Waals surface area contributed by atoms with Crippen LogP contribution < -0.4 is 10.5 Å². The molecular weight excluding hydrogens is 269 g/mol. The van der Waals surface area contributed by atoms with Crippen molar-refractivity contribution < 1.29 is 13.9 Å². The molecule has 1 aromatic rings. The number of hydrogen-bond donors (Lipinski definition) is 1. The van der Waals surface area contributed by atoms with Crippen LogP contribution in [0.3, 0.4) is 0 Å². The summed E-state index contributed by atoms with van der Waals surface area (Å²) in [5.74, 6) is 0.307. The van der Waals surface area contributed by atoms with Crippen LogP contribution >= 0.6 is 0 Å². The first-order valence-corrected chi connectivity index (χ1v) is 7.94. The van der Waals surface area contributed by atoms with Gasteiger partial charge >= 0.3 is 0 Å². The maximum Gasteiger partial charge on any atom is 0.127 e. The Bertz CT molecular complexity index is 498. The highest BCUT2D eigenvalue weighted by atomic mass is 19.1. The van der Waals surface area contributed by atoms with Gasteiger partial charge in [-0.25, -0.2) is 4.39 Å². The number of ether oxygens (including phenoxy) is 2. The molecule has 4 heteroatoms. The van der Waals surface area contributed by atoms with E-state index in [0.717, 1.165) is 37.9 Å². The van der Waals surface area contributed by atoms with Crippen LogP contribution in [0.25, 0.3) is 0 Å². The molecule has 0 radical (unpaired) electrons. The molecular formula is C17H24FNO2. The van der Waals surface area contributed by atoms with Gasteiger partial charge in [-0.2, -0.15) is 0 Å². The molecule has 1 heterocycles. The standard InChI is InChI=1S/C17H24FNO2/c1-12(19)15-5-4-13(18)10-16(15)21-14-6-9-20-17(11-14)7-2-3-8-17/h4-5,10,12,14H,2-3,6-9,11,19H2,1H3/t12-,14?/m1/s1. The number of nitrogens with two attached hydrogens (primary N) is 1. The zero-order valence-electron chi connectivity index (χ0n) is 12.6. The summed E-state index contributed by atoms with van der Waals surface area (Å²) in [5.41, 5.74) is 6.83. The van der Waals surface area contributed by atoms with Crippen molar-refractivity contribution in [2.45, 2.75) is 63.2 Å². The van der Waals surface area contributed by atoms with E-state index in [9.17, 15) is 4.39 Å². The molecule has 1 unspecified atom stereocenters. The van der Waals surface area contributed by atoms with E-state index in [0.29, 0.717) is 5.75 Å². The molecule has 2 N–H and O–H groups in total. The Morgan fingerprint density at radius 3 is 2.86 bits per heavy atom. The Labute approximate surface area is 125 Å². The summed E-state index contributed by atoms with van der Waals surface area (Å²) in [6, 6.07) is 4.45. The first-order chi connectivity index (χ1) is 10.1. The second-order valence-electron chi connectivity index (χ2n) is 6.44. The van der Waals surface area contributed by atoms with E-state index in [1.165, 1.54) is 25.0 Å². The van der Waals surface area contributed by atoms with Gasteiger partial charge < -0.3 is 15.2 Å². The number of rotatable bonds is 3. The number of hydrogen-bond acceptors (Lipinski definition) is 3. The van der Waals surface area contributed by atoms with Crippen molar-refractivity contribution in [2.75, 3.05) is 6.61 Å². The fraction of sp³-hybridized carbons (Fsp3) is 0.647. The van der Waals surface area contributed by atoms with Crippen LogP contribution in [0.4, 0.5) is 4.39 Å². The van der Waals surface area contributed by atoms with Crippen LogP contribution in [0, 0.1) is 5.82 Å². The molecule has 2 atom stereocenters. The van der Waals surface area contributed by atoms with Crippen LogP contribution in [0.5, 0.6) is 5.75 Å². The molecule has 1 spiro atoms. The molecule has 1 aliphatic carbocycles. The van der Waals surface area contributed by atoms with Crippen molar-refractivity contribution in [3.8, 4) is 5.75 Å². The van der Waals surface area contributed by atoms with Crippen molar-refractivity contribution in [1.82, 2.24) is 0 Å². The topological polar surface area (TPSA) is 44.5 Å². The molecule has 0 amide bonds. The third-order valence-corrected chi connectivity index (χ3v) is 4.72. The monoisotopic (exact) mass is 293 g/mol. The summed E-state index contributed by atoms with van der Waals surface area (Å²) in [7, 11) is 0. The second kappa shape index (κ2) is 5.93. The van der Waals surface area contributed by atoms with Crippen LogP contribution in [-0.2, 0) is 4.74 Å². The minimum absolute atomic E-state index is 0.00470. The largest absolute Gasteiger partial charge is 0.490 e. The maximum absolute atomic E-state index is 13.5. The fourth-order valence-corrected chi connectivity index (χ4v) is 3.62. The van der Waals surface area contributed by atoms with E-state index in [1.807, 2.05) is 6.92 Å². The molecule has 2 aliphatic rings. The fourth-order valence-electron chi connectivity index (χ4n) is 3.62. The minimum Gasteiger partial charge on any atom is -0.490 e. The van der Waals surface area contributed by atoms with Gasteiger partial charge in [0, 0.05) is 30.5 Å². The van der Waals surface area contributed by atoms with Gasteiger partial charge in [-0.3, -0.25) is 0 Å². The van der Waals surface area contributed by atoms with E-state index >= 15 is 0 Å². The van der Waals surface area contributed by atoms with Gasteiger partial charge in [-0.1, -0.05) is 18.9 Å². The molecule has 116 valence electrons. The summed E-state index contributed by atoms with van der Waals surface area (Å²) < 4.78 is 25.6. The molecule has 1 aliphatic heterocycles. The summed E-state index contributed by atoms with van der Waals surface area (Å²) >= 11 is 0. The third-order valence-electron chi connectivity index (χ3n) is 4.72. The molecule has 21 heavy (non-hydrogen) atoms. The van der Waals surface area contributed by atoms with Crippen LogP contribution in [0.2, 0.25) is 0 Å². The van der Waals surface area contributed by atoms with Gasteiger partial charge in [0.15, 0.2) is 0 Å². The van der Waals surface area contributed by atoms with E-state index in [1.54, 1.807) is 6.07 Å². The summed E-state index contributed by atoms with van der Waals surface area (Å²) in [6.45, 7) is 2.62. The highest BCUT2D eigenvalue weighted by molar-refractivity contribution is 5.36. The average Bonchev–Trinajstić information content (AvgIpc) is 2.86. The lowest BCUT2D eigenvalue weighted by Gasteiger charge is -2.38. The molecule has 1 saturated heterocycles. The van der Waals surface area contributed by atoms with Crippen LogP contribution in [0.15, 0.2) is 18.2 Å². The smallest absolute Gasteiger partial charge is 0.127 e. The Morgan fingerprint density at radius 2 is 2.14 bits per heavy atom. The van der Waals surface area contributed by atoms with Gasteiger partial charge in [-0.15, -0.1) is 0 Å². The molecule has 3 rings (SSSR count). The van der Waals surface area contributed by atoms with Crippen molar-refractivity contribution >= 4 is 0 Å². The lowest BCUT2D eigenvalue weighted by atomic mass is 9.90. The van der Waals surface area contributed by atoms with E-state index < -0.39 is 0 Å². The first-order valence-electron chi connectivity index (χ1n) is 7.94. The zero-order chi connectivity index (χ0) is 14.9. The lowest BCUT2D eigenvalue weighted by molar-refractivity contribution is -0.108. The number of halogens is 1. The summed E-state index contributed by atoms with van der Waals surface area (Å²) in [4.78, 5) is 0. The summed E-state index contributed by atoms with van der Waals surface area (Å²) in [5, 5.41) is 0. The second-order valence-corrected chi connectivity index (χ2v) is 6.44. The Morgan fingerprint density at radius 1 is 1.38 bits per heavy atom. The molecule has 3 nitrogen and oxygen atoms in total. The quantitative estimate of drug-likeness (QED) is 0.924. The molecule has 1 saturated carbocycles. The van der Waals surface area contributed by atoms with Gasteiger partial charge in [0.25, 0.3) is 0 Å². The zero-order valence-corrected chi connectivity index (χ0v) is 12.6. The maximum atomic E-state index is 13.5. The Kier molecular flexibility index (Phi) is 4.18. The van der Waals surface area contributed by atoms with Crippen molar-refractivity contribution in [3.63, 3.8) is 0 Å². The van der Waals surface area contributed by atoms with E-state index in [4.69, 9.17) is 15.2 Å². The van der Waals surface area contributed by atoms with Gasteiger partial charge in [0.2, 0.25) is 0 Å². The Balaban J connectivity index is 1.75. The van der Waals surface area contributed by atoms with Crippen molar-refractivity contribution in [3.05, 3.63) is 29.6 Å². The number of benzene rings is 1. The highest BCUT2D eigenvalue weighted by Gasteiger charge is 2.40. The normalized spacial score (nSPS) is 26.0. The van der Waals surface area contributed by atoms with E-state index in [2.05, 4.69) is 0 Å². The summed E-state index contributed by atoms with van der Waals surface area (Å²) in [6.07, 6.45) is 6.57. The molecule has 2 fully saturated rings. The Hall–Kier alpha value is -1.13. The van der Waals surface area contributed by atoms with Gasteiger partial charge in [0.05, 0.1) is 12.2 Å². The average molecular weight is 293 g/mol. The minimum atomic E-state index is -0.281. The first kappa shape index (κ1) is 14.8. The van der Waals surface area contributed by atoms with Gasteiger partial charge in [0.1, 0.15) is 17.7 Å². The van der Waals surface area contributed by atoms with Crippen LogP contribution in [-0.4, -0.2) is 18.3 Å². The third kappa shape index (κ3) is 3.22. The predicted molar refractivity (Wildman–Crippen MR) is 79.8 cm³/mol. The molecule has 0 aromatic heterocycles. The SMILES string of the molecule is C[C@@H](N)c1ccc(F)cc1OC1CCOC2(CCCC2)C1.